The zero-order valence-electron chi connectivity index (χ0n) is 87.5. The Bertz CT molecular complexity index is 6360. The first-order valence-corrected chi connectivity index (χ1v) is 41.8. The van der Waals surface area contributed by atoms with Gasteiger partial charge in [-0.3, -0.25) is 58.7 Å². The van der Waals surface area contributed by atoms with Crippen molar-refractivity contribution in [2.45, 2.75) is 38.4 Å². The van der Waals surface area contributed by atoms with Crippen LogP contribution in [0.2, 0.25) is 0 Å². The highest BCUT2D eigenvalue weighted by molar-refractivity contribution is 7.48. The number of aromatic nitrogens is 6. The van der Waals surface area contributed by atoms with E-state index in [9.17, 15) is 27.4 Å². The standard InChI is InChI=1S/6C12H17N2O4P/c6*1-14(2)7-6-9-8-13-10-4-3-5-11(12(9)10)18-19(15,16)17/h6*3-5,8,13H,6-7H2,1-2H3,(H2,15,16,17)/i2*1D3,6D2,7D2;6D2,7D2;7D2;2*1D3. The summed E-state index contributed by atoms with van der Waals surface area (Å²) in [4.78, 5) is 131. The van der Waals surface area contributed by atoms with Crippen LogP contribution in [0.15, 0.2) is 146 Å². The molecule has 36 nitrogen and oxygen atoms in total. The van der Waals surface area contributed by atoms with E-state index in [-0.39, 0.29) is 108 Å². The van der Waals surface area contributed by atoms with Gasteiger partial charge >= 0.3 is 46.9 Å². The molecule has 0 amide bonds. The van der Waals surface area contributed by atoms with Crippen molar-refractivity contribution in [1.29, 1.82) is 0 Å². The molecule has 6 aromatic carbocycles. The lowest BCUT2D eigenvalue weighted by Crippen LogP contribution is -2.14. The molecule has 6 heterocycles. The summed E-state index contributed by atoms with van der Waals surface area (Å²) >= 11 is 0. The third kappa shape index (κ3) is 30.6. The van der Waals surface area contributed by atoms with Gasteiger partial charge in [-0.25, -0.2) is 27.4 Å². The molecule has 12 rings (SSSR count). The van der Waals surface area contributed by atoms with E-state index in [1.165, 1.54) is 116 Å². The van der Waals surface area contributed by atoms with E-state index in [0.717, 1.165) is 42.5 Å². The average Bonchev–Trinajstić information content (AvgIpc) is 1.50. The number of rotatable bonds is 30. The van der Waals surface area contributed by atoms with Crippen LogP contribution >= 0.6 is 46.9 Å². The van der Waals surface area contributed by atoms with Crippen LogP contribution in [0.1, 0.15) is 69.0 Å². The molecule has 0 aliphatic carbocycles. The summed E-state index contributed by atoms with van der Waals surface area (Å²) in [5.41, 5.74) is 4.11. The van der Waals surface area contributed by atoms with E-state index < -0.39 is 120 Å². The summed E-state index contributed by atoms with van der Waals surface area (Å²) in [7, 11) is -17.9. The SMILES string of the molecule is [2H]C([2H])(Cc1c[nH]c2cccc(OP(=O)(O)O)c12)N(C)C.[2H]C([2H])([2H])N(C)C([2H])([2H])C([2H])([2H])c1c[nH]c2cccc(OP(=O)(O)O)c12.[2H]C([2H])([2H])N(C)C([2H])([2H])C([2H])([2H])c1c[nH]c2cccc(OP(=O)(O)O)c12.[2H]C([2H])([2H])N(C)CCc1c[nH]c2cccc(OP(=O)(O)O)c12.[2H]C([2H])([2H])N(C)CCc1c[nH]c2cccc(OP(=O)(O)O)c12.[2H]C([2H])(c1c[nH]c2cccc(OP(=O)(O)O)c12)C([2H])([2H])N(C)C. The lowest BCUT2D eigenvalue weighted by molar-refractivity contribution is 0.282. The van der Waals surface area contributed by atoms with Crippen molar-refractivity contribution in [2.75, 3.05) is 123 Å². The maximum absolute atomic E-state index is 11.2. The van der Waals surface area contributed by atoms with Crippen LogP contribution < -0.4 is 27.1 Å². The number of hydrogen-bond acceptors (Lipinski definition) is 18. The molecule has 0 aliphatic rings. The van der Waals surface area contributed by atoms with Crippen LogP contribution in [0.25, 0.3) is 65.4 Å². The zero-order chi connectivity index (χ0) is 107. The molecule has 18 N–H and O–H groups in total. The fourth-order valence-electron chi connectivity index (χ4n) is 10.4. The Morgan fingerprint density at radius 1 is 0.281 bits per heavy atom. The number of fused-ring (bicyclic) bond motifs is 6. The van der Waals surface area contributed by atoms with E-state index in [2.05, 4.69) is 43.5 Å². The molecule has 0 atom stereocenters. The Balaban J connectivity index is 0.000000229. The largest absolute Gasteiger partial charge is 0.524 e. The van der Waals surface area contributed by atoms with Gasteiger partial charge in [-0.05, 0) is 229 Å². The highest BCUT2D eigenvalue weighted by atomic mass is 31.2. The molecule has 0 saturated heterocycles. The molecule has 0 aliphatic heterocycles. The average molecular weight is 1730 g/mol. The highest BCUT2D eigenvalue weighted by Crippen LogP contribution is 2.47. The smallest absolute Gasteiger partial charge is 0.404 e. The fourth-order valence-corrected chi connectivity index (χ4v) is 12.9. The number of hydrogen-bond donors (Lipinski definition) is 18. The summed E-state index contributed by atoms with van der Waals surface area (Å²) in [6.07, 6.45) is 1.14. The minimum Gasteiger partial charge on any atom is -0.404 e. The van der Waals surface area contributed by atoms with Gasteiger partial charge in [0.15, 0.2) is 0 Å². The number of phosphoric acid groups is 6. The topological polar surface area (TPSA) is 515 Å². The number of phosphoric ester groups is 6. The van der Waals surface area contributed by atoms with E-state index in [0.29, 0.717) is 56.6 Å². The Hall–Kier alpha value is -7.98. The van der Waals surface area contributed by atoms with Crippen LogP contribution in [-0.2, 0) is 65.8 Å². The maximum atomic E-state index is 11.2. The van der Waals surface area contributed by atoms with Crippen LogP contribution in [-0.4, -0.2) is 241 Å². The first kappa shape index (κ1) is 61.4. The second-order valence-corrected chi connectivity index (χ2v) is 31.4. The van der Waals surface area contributed by atoms with Crippen molar-refractivity contribution in [1.82, 2.24) is 59.3 Å². The normalized spacial score (nSPS) is 17.0. The Labute approximate surface area is 694 Å². The quantitative estimate of drug-likeness (QED) is 0.0186. The van der Waals surface area contributed by atoms with Crippen LogP contribution in [0.5, 0.6) is 34.5 Å². The van der Waals surface area contributed by atoms with E-state index in [1.54, 1.807) is 75.2 Å². The van der Waals surface area contributed by atoms with Crippen molar-refractivity contribution in [3.05, 3.63) is 180 Å². The molecule has 114 heavy (non-hydrogen) atoms. The number of aromatic amines is 6. The molecule has 624 valence electrons. The summed E-state index contributed by atoms with van der Waals surface area (Å²) < 4.78 is 296. The molecular formula is C72H102N12O24P6. The van der Waals surface area contributed by atoms with Crippen LogP contribution in [0.4, 0.5) is 0 Å². The van der Waals surface area contributed by atoms with Crippen LogP contribution in [0.3, 0.4) is 0 Å². The van der Waals surface area contributed by atoms with Gasteiger partial charge in [-0.15, -0.1) is 0 Å². The van der Waals surface area contributed by atoms with Gasteiger partial charge in [0.05, 0.1) is 0 Å². The highest BCUT2D eigenvalue weighted by Gasteiger charge is 2.26. The van der Waals surface area contributed by atoms with Gasteiger partial charge < -0.3 is 86.4 Å². The van der Waals surface area contributed by atoms with Crippen molar-refractivity contribution in [3.63, 3.8) is 0 Å². The lowest BCUT2D eigenvalue weighted by atomic mass is 10.1. The van der Waals surface area contributed by atoms with Gasteiger partial charge in [0, 0.05) is 177 Å². The summed E-state index contributed by atoms with van der Waals surface area (Å²) in [6, 6.07) is 27.0. The Morgan fingerprint density at radius 2 is 0.474 bits per heavy atom. The van der Waals surface area contributed by atoms with Gasteiger partial charge in [0.25, 0.3) is 0 Å². The molecule has 12 aromatic rings. The number of benzene rings is 6. The third-order valence-electron chi connectivity index (χ3n) is 14.7. The summed E-state index contributed by atoms with van der Waals surface area (Å²) in [5, 5.41) is 1.47. The van der Waals surface area contributed by atoms with E-state index in [1.807, 2.05) is 0 Å². The number of likely N-dealkylation sites (N-methyl/N-ethyl adjacent to an activating group) is 6. The second kappa shape index (κ2) is 41.2. The molecule has 0 fully saturated rings. The minimum atomic E-state index is -4.96. The van der Waals surface area contributed by atoms with Gasteiger partial charge in [-0.2, -0.15) is 0 Å². The van der Waals surface area contributed by atoms with Gasteiger partial charge in [0.1, 0.15) is 34.5 Å². The second-order valence-electron chi connectivity index (χ2n) is 24.4. The van der Waals surface area contributed by atoms with Crippen molar-refractivity contribution >= 4 is 112 Å². The molecule has 0 bridgehead atoms. The predicted octanol–water partition coefficient (Wildman–Crippen LogP) is 10.5. The lowest BCUT2D eigenvalue weighted by Gasteiger charge is -2.11. The fraction of sp³-hybridized carbons (Fsp3) is 0.333. The number of nitrogens with zero attached hydrogens (tertiary/aromatic N) is 6. The first-order valence-electron chi connectivity index (χ1n) is 45.7. The maximum Gasteiger partial charge on any atom is 0.524 e. The van der Waals surface area contributed by atoms with Crippen LogP contribution in [0, 0.1) is 0 Å². The molecular weight excluding hydrogens is 1600 g/mol. The third-order valence-corrected chi connectivity index (χ3v) is 17.3. The minimum absolute atomic E-state index is 0.0339. The molecule has 0 radical (unpaired) electrons. The molecule has 42 heteroatoms. The number of aryl methyl sites for hydroxylation is 4. The van der Waals surface area contributed by atoms with Crippen molar-refractivity contribution in [2.24, 2.45) is 0 Å². The number of H-pyrrole nitrogens is 6. The Morgan fingerprint density at radius 3 is 0.675 bits per heavy atom. The van der Waals surface area contributed by atoms with E-state index >= 15 is 0 Å². The van der Waals surface area contributed by atoms with E-state index in [4.69, 9.17) is 108 Å². The molecule has 0 spiro atoms. The van der Waals surface area contributed by atoms with Gasteiger partial charge in [-0.1, -0.05) is 36.4 Å². The first-order chi connectivity index (χ1) is 63.3. The summed E-state index contributed by atoms with van der Waals surface area (Å²) in [5.74, 6) is -0.763. The monoisotopic (exact) mass is 1730 g/mol. The Kier molecular flexibility index (Phi) is 22.2. The molecule has 0 unspecified atom stereocenters. The van der Waals surface area contributed by atoms with Gasteiger partial charge in [0.2, 0.25) is 0 Å². The molecule has 0 saturated carbocycles. The zero-order valence-corrected chi connectivity index (χ0v) is 66.9. The van der Waals surface area contributed by atoms with Crippen molar-refractivity contribution < 1.29 is 149 Å². The predicted molar refractivity (Wildman–Crippen MR) is 439 cm³/mol. The number of nitrogens with one attached hydrogen (secondary N) is 6. The summed E-state index contributed by atoms with van der Waals surface area (Å²) in [6.45, 7) is -19.6. The van der Waals surface area contributed by atoms with Crippen molar-refractivity contribution in [3.8, 4) is 34.5 Å². The molecule has 6 aromatic heterocycles.